The van der Waals surface area contributed by atoms with Crippen LogP contribution in [0.25, 0.3) is 10.9 Å². The van der Waals surface area contributed by atoms with Gasteiger partial charge in [-0.3, -0.25) is 4.79 Å². The van der Waals surface area contributed by atoms with Crippen molar-refractivity contribution in [2.45, 2.75) is 13.8 Å². The van der Waals surface area contributed by atoms with E-state index in [1.807, 2.05) is 50.2 Å². The molecular weight excluding hydrogens is 270 g/mol. The van der Waals surface area contributed by atoms with E-state index in [0.717, 1.165) is 16.5 Å². The normalized spacial score (nSPS) is 10.9. The van der Waals surface area contributed by atoms with Gasteiger partial charge in [-0.05, 0) is 37.1 Å². The van der Waals surface area contributed by atoms with Gasteiger partial charge in [-0.2, -0.15) is 0 Å². The van der Waals surface area contributed by atoms with Crippen LogP contribution in [-0.4, -0.2) is 10.8 Å². The highest BCUT2D eigenvalue weighted by molar-refractivity contribution is 6.35. The maximum atomic E-state index is 12.6. The number of aromatic amines is 1. The van der Waals surface area contributed by atoms with Gasteiger partial charge >= 0.3 is 0 Å². The lowest BCUT2D eigenvalue weighted by Gasteiger charge is -2.04. The Labute approximate surface area is 122 Å². The number of aromatic nitrogens is 1. The number of benzene rings is 2. The second-order valence-corrected chi connectivity index (χ2v) is 5.40. The smallest absolute Gasteiger partial charge is 0.195 e. The van der Waals surface area contributed by atoms with Crippen LogP contribution in [0.2, 0.25) is 5.02 Å². The summed E-state index contributed by atoms with van der Waals surface area (Å²) < 4.78 is 0. The molecule has 0 amide bonds. The number of fused-ring (bicyclic) bond motifs is 1. The third-order valence-corrected chi connectivity index (χ3v) is 3.99. The highest BCUT2D eigenvalue weighted by Crippen LogP contribution is 2.27. The summed E-state index contributed by atoms with van der Waals surface area (Å²) in [6.07, 6.45) is 1.73. The van der Waals surface area contributed by atoms with Crippen molar-refractivity contribution in [2.75, 3.05) is 0 Å². The molecular formula is C17H14ClNO. The Morgan fingerprint density at radius 1 is 1.10 bits per heavy atom. The Bertz CT molecular complexity index is 817. The van der Waals surface area contributed by atoms with Crippen molar-refractivity contribution in [2.24, 2.45) is 0 Å². The van der Waals surface area contributed by atoms with Gasteiger partial charge in [-0.1, -0.05) is 35.9 Å². The number of rotatable bonds is 2. The molecule has 0 aliphatic heterocycles. The van der Waals surface area contributed by atoms with E-state index >= 15 is 0 Å². The Morgan fingerprint density at radius 3 is 2.65 bits per heavy atom. The van der Waals surface area contributed by atoms with Gasteiger partial charge in [0.05, 0.1) is 10.5 Å². The zero-order chi connectivity index (χ0) is 14.3. The van der Waals surface area contributed by atoms with Gasteiger partial charge in [-0.25, -0.2) is 0 Å². The summed E-state index contributed by atoms with van der Waals surface area (Å²) in [5, 5.41) is 1.49. The van der Waals surface area contributed by atoms with Crippen molar-refractivity contribution in [3.8, 4) is 0 Å². The van der Waals surface area contributed by atoms with Crippen LogP contribution < -0.4 is 0 Å². The Hall–Kier alpha value is -2.06. The number of aryl methyl sites for hydroxylation is 2. The highest BCUT2D eigenvalue weighted by Gasteiger charge is 2.15. The van der Waals surface area contributed by atoms with Crippen molar-refractivity contribution < 1.29 is 4.79 Å². The summed E-state index contributed by atoms with van der Waals surface area (Å²) in [7, 11) is 0. The lowest BCUT2D eigenvalue weighted by molar-refractivity contribution is 0.104. The maximum Gasteiger partial charge on any atom is 0.195 e. The Kier molecular flexibility index (Phi) is 3.11. The van der Waals surface area contributed by atoms with Crippen LogP contribution in [0.4, 0.5) is 0 Å². The summed E-state index contributed by atoms with van der Waals surface area (Å²) in [6, 6.07) is 11.4. The van der Waals surface area contributed by atoms with Gasteiger partial charge in [0.25, 0.3) is 0 Å². The minimum absolute atomic E-state index is 0.0154. The molecule has 100 valence electrons. The zero-order valence-corrected chi connectivity index (χ0v) is 12.1. The van der Waals surface area contributed by atoms with E-state index in [-0.39, 0.29) is 5.78 Å². The highest BCUT2D eigenvalue weighted by atomic mass is 35.5. The minimum atomic E-state index is 0.0154. The molecule has 0 atom stereocenters. The third kappa shape index (κ3) is 2.02. The SMILES string of the molecule is Cc1ccc(C(=O)c2c[nH]c3c(Cl)cccc23)cc1C. The minimum Gasteiger partial charge on any atom is -0.359 e. The first-order valence-electron chi connectivity index (χ1n) is 6.45. The van der Waals surface area contributed by atoms with E-state index in [1.165, 1.54) is 5.56 Å². The summed E-state index contributed by atoms with van der Waals surface area (Å²) in [6.45, 7) is 4.05. The second kappa shape index (κ2) is 4.80. The number of H-pyrrole nitrogens is 1. The molecule has 0 bridgehead atoms. The van der Waals surface area contributed by atoms with E-state index in [2.05, 4.69) is 4.98 Å². The topological polar surface area (TPSA) is 32.9 Å². The summed E-state index contributed by atoms with van der Waals surface area (Å²) in [5.41, 5.74) is 4.47. The molecule has 1 N–H and O–H groups in total. The Balaban J connectivity index is 2.13. The molecule has 0 spiro atoms. The van der Waals surface area contributed by atoms with E-state index in [9.17, 15) is 4.79 Å². The molecule has 2 nitrogen and oxygen atoms in total. The molecule has 0 radical (unpaired) electrons. The van der Waals surface area contributed by atoms with Crippen LogP contribution in [0.1, 0.15) is 27.0 Å². The van der Waals surface area contributed by atoms with Crippen molar-refractivity contribution in [3.63, 3.8) is 0 Å². The molecule has 0 saturated carbocycles. The van der Waals surface area contributed by atoms with Crippen molar-refractivity contribution in [3.05, 3.63) is 69.9 Å². The molecule has 1 aromatic heterocycles. The molecule has 1 heterocycles. The number of hydrogen-bond donors (Lipinski definition) is 1. The summed E-state index contributed by atoms with van der Waals surface area (Å²) >= 11 is 6.12. The predicted molar refractivity (Wildman–Crippen MR) is 82.7 cm³/mol. The van der Waals surface area contributed by atoms with E-state index in [1.54, 1.807) is 6.20 Å². The van der Waals surface area contributed by atoms with Crippen molar-refractivity contribution >= 4 is 28.3 Å². The molecule has 0 fully saturated rings. The predicted octanol–water partition coefficient (Wildman–Crippen LogP) is 4.67. The summed E-state index contributed by atoms with van der Waals surface area (Å²) in [4.78, 5) is 15.7. The van der Waals surface area contributed by atoms with Gasteiger partial charge in [0.15, 0.2) is 5.78 Å². The van der Waals surface area contributed by atoms with Gasteiger partial charge in [0.1, 0.15) is 0 Å². The molecule has 3 rings (SSSR count). The van der Waals surface area contributed by atoms with E-state index < -0.39 is 0 Å². The van der Waals surface area contributed by atoms with Gasteiger partial charge in [0.2, 0.25) is 0 Å². The molecule has 0 unspecified atom stereocenters. The van der Waals surface area contributed by atoms with E-state index in [4.69, 9.17) is 11.6 Å². The fourth-order valence-corrected chi connectivity index (χ4v) is 2.57. The fourth-order valence-electron chi connectivity index (χ4n) is 2.34. The molecule has 3 heteroatoms. The van der Waals surface area contributed by atoms with Crippen LogP contribution in [-0.2, 0) is 0 Å². The Morgan fingerprint density at radius 2 is 1.90 bits per heavy atom. The number of para-hydroxylation sites is 1. The van der Waals surface area contributed by atoms with Crippen molar-refractivity contribution in [1.29, 1.82) is 0 Å². The number of carbonyl (C=O) groups excluding carboxylic acids is 1. The fraction of sp³-hybridized carbons (Fsp3) is 0.118. The molecule has 0 aliphatic carbocycles. The van der Waals surface area contributed by atoms with Gasteiger partial charge < -0.3 is 4.98 Å². The molecule has 0 aliphatic rings. The monoisotopic (exact) mass is 283 g/mol. The number of carbonyl (C=O) groups is 1. The van der Waals surface area contributed by atoms with Crippen molar-refractivity contribution in [1.82, 2.24) is 4.98 Å². The number of nitrogens with one attached hydrogen (secondary N) is 1. The lowest BCUT2D eigenvalue weighted by Crippen LogP contribution is -2.01. The molecule has 2 aromatic carbocycles. The first-order valence-corrected chi connectivity index (χ1v) is 6.83. The largest absolute Gasteiger partial charge is 0.359 e. The van der Waals surface area contributed by atoms with Gasteiger partial charge in [-0.15, -0.1) is 0 Å². The third-order valence-electron chi connectivity index (χ3n) is 3.68. The van der Waals surface area contributed by atoms with Crippen LogP contribution in [0.3, 0.4) is 0 Å². The van der Waals surface area contributed by atoms with Crippen LogP contribution >= 0.6 is 11.6 Å². The zero-order valence-electron chi connectivity index (χ0n) is 11.3. The first kappa shape index (κ1) is 12.9. The average molecular weight is 284 g/mol. The van der Waals surface area contributed by atoms with E-state index in [0.29, 0.717) is 16.1 Å². The average Bonchev–Trinajstić information content (AvgIpc) is 2.86. The molecule has 20 heavy (non-hydrogen) atoms. The summed E-state index contributed by atoms with van der Waals surface area (Å²) in [5.74, 6) is 0.0154. The maximum absolute atomic E-state index is 12.6. The number of halogens is 1. The quantitative estimate of drug-likeness (QED) is 0.681. The first-order chi connectivity index (χ1) is 9.58. The lowest BCUT2D eigenvalue weighted by atomic mass is 9.99. The van der Waals surface area contributed by atoms with Crippen LogP contribution in [0.15, 0.2) is 42.6 Å². The van der Waals surface area contributed by atoms with Gasteiger partial charge in [0, 0.05) is 22.7 Å². The standard InChI is InChI=1S/C17H14ClNO/c1-10-6-7-12(8-11(10)2)17(20)14-9-19-16-13(14)4-3-5-15(16)18/h3-9,19H,1-2H3. The van der Waals surface area contributed by atoms with Crippen LogP contribution in [0, 0.1) is 13.8 Å². The number of hydrogen-bond acceptors (Lipinski definition) is 1. The van der Waals surface area contributed by atoms with Crippen LogP contribution in [0.5, 0.6) is 0 Å². The number of ketones is 1. The molecule has 3 aromatic rings. The second-order valence-electron chi connectivity index (χ2n) is 4.99. The molecule has 0 saturated heterocycles.